The van der Waals surface area contributed by atoms with Crippen molar-refractivity contribution in [3.63, 3.8) is 0 Å². The zero-order chi connectivity index (χ0) is 9.07. The fraction of sp³-hybridized carbons (Fsp3) is 0.667. The summed E-state index contributed by atoms with van der Waals surface area (Å²) in [4.78, 5) is 10.5. The molecular weight excluding hydrogens is 160 g/mol. The van der Waals surface area contributed by atoms with Crippen LogP contribution in [-0.4, -0.2) is 6.29 Å². The van der Waals surface area contributed by atoms with Crippen molar-refractivity contribution in [3.8, 4) is 0 Å². The lowest BCUT2D eigenvalue weighted by atomic mass is 9.92. The maximum absolute atomic E-state index is 10.5. The van der Waals surface area contributed by atoms with Crippen molar-refractivity contribution in [2.24, 2.45) is 5.41 Å². The highest BCUT2D eigenvalue weighted by Gasteiger charge is 2.17. The molecular formula is C9H15ClO. The molecule has 0 aliphatic heterocycles. The highest BCUT2D eigenvalue weighted by atomic mass is 35.5. The molecule has 0 N–H and O–H groups in total. The molecule has 0 fully saturated rings. The van der Waals surface area contributed by atoms with Crippen molar-refractivity contribution in [1.82, 2.24) is 0 Å². The van der Waals surface area contributed by atoms with Gasteiger partial charge in [-0.25, -0.2) is 0 Å². The Morgan fingerprint density at radius 1 is 1.45 bits per heavy atom. The van der Waals surface area contributed by atoms with Crippen LogP contribution in [0.25, 0.3) is 0 Å². The fourth-order valence-electron chi connectivity index (χ4n) is 0.772. The summed E-state index contributed by atoms with van der Waals surface area (Å²) in [7, 11) is 0. The summed E-state index contributed by atoms with van der Waals surface area (Å²) in [5, 5.41) is 0.676. The number of halogens is 1. The Balaban J connectivity index is 4.76. The Morgan fingerprint density at radius 3 is 2.00 bits per heavy atom. The Morgan fingerprint density at radius 2 is 1.91 bits per heavy atom. The molecule has 0 amide bonds. The second kappa shape index (κ2) is 3.91. The van der Waals surface area contributed by atoms with Gasteiger partial charge in [0.2, 0.25) is 0 Å². The van der Waals surface area contributed by atoms with E-state index >= 15 is 0 Å². The number of hydrogen-bond acceptors (Lipinski definition) is 1. The van der Waals surface area contributed by atoms with Crippen molar-refractivity contribution >= 4 is 17.9 Å². The van der Waals surface area contributed by atoms with Crippen LogP contribution in [0.4, 0.5) is 0 Å². The summed E-state index contributed by atoms with van der Waals surface area (Å²) in [6.45, 7) is 7.91. The minimum atomic E-state index is -0.103. The quantitative estimate of drug-likeness (QED) is 0.465. The van der Waals surface area contributed by atoms with Crippen LogP contribution in [0.5, 0.6) is 0 Å². The molecule has 1 nitrogen and oxygen atoms in total. The standard InChI is InChI=1S/C9H15ClO/c1-5-7(6-11)8(10)9(2,3)4/h6H,5H2,1-4H3/b8-7+. The Hall–Kier alpha value is -0.300. The lowest BCUT2D eigenvalue weighted by Gasteiger charge is -2.18. The molecule has 0 heterocycles. The first-order valence-electron chi connectivity index (χ1n) is 3.77. The third-order valence-corrected chi connectivity index (χ3v) is 2.27. The number of allylic oxidation sites excluding steroid dienone is 2. The van der Waals surface area contributed by atoms with Gasteiger partial charge in [-0.1, -0.05) is 39.3 Å². The highest BCUT2D eigenvalue weighted by Crippen LogP contribution is 2.31. The topological polar surface area (TPSA) is 17.1 Å². The first kappa shape index (κ1) is 10.7. The van der Waals surface area contributed by atoms with Crippen molar-refractivity contribution in [2.75, 3.05) is 0 Å². The molecule has 64 valence electrons. The lowest BCUT2D eigenvalue weighted by molar-refractivity contribution is -0.105. The minimum absolute atomic E-state index is 0.103. The van der Waals surface area contributed by atoms with Gasteiger partial charge in [0, 0.05) is 10.6 Å². The van der Waals surface area contributed by atoms with Crippen LogP contribution in [0.3, 0.4) is 0 Å². The van der Waals surface area contributed by atoms with E-state index in [1.54, 1.807) is 0 Å². The molecule has 0 bridgehead atoms. The molecule has 0 saturated carbocycles. The summed E-state index contributed by atoms with van der Waals surface area (Å²) < 4.78 is 0. The molecule has 0 radical (unpaired) electrons. The number of aldehydes is 1. The van der Waals surface area contributed by atoms with Crippen LogP contribution in [-0.2, 0) is 4.79 Å². The van der Waals surface area contributed by atoms with Gasteiger partial charge >= 0.3 is 0 Å². The van der Waals surface area contributed by atoms with E-state index in [1.807, 2.05) is 27.7 Å². The molecule has 0 rings (SSSR count). The fourth-order valence-corrected chi connectivity index (χ4v) is 0.950. The third-order valence-electron chi connectivity index (χ3n) is 1.46. The smallest absolute Gasteiger partial charge is 0.147 e. The van der Waals surface area contributed by atoms with Crippen LogP contribution in [0.2, 0.25) is 0 Å². The van der Waals surface area contributed by atoms with Gasteiger partial charge in [-0.05, 0) is 11.8 Å². The number of rotatable bonds is 2. The zero-order valence-corrected chi connectivity index (χ0v) is 8.33. The zero-order valence-electron chi connectivity index (χ0n) is 7.57. The van der Waals surface area contributed by atoms with E-state index < -0.39 is 0 Å². The molecule has 0 aromatic carbocycles. The van der Waals surface area contributed by atoms with E-state index in [2.05, 4.69) is 0 Å². The molecule has 0 aliphatic rings. The summed E-state index contributed by atoms with van der Waals surface area (Å²) in [5.41, 5.74) is 0.604. The third kappa shape index (κ3) is 3.06. The van der Waals surface area contributed by atoms with Gasteiger partial charge in [0.25, 0.3) is 0 Å². The molecule has 0 aliphatic carbocycles. The second-order valence-corrected chi connectivity index (χ2v) is 3.94. The number of carbonyl (C=O) groups excluding carboxylic acids is 1. The van der Waals surface area contributed by atoms with E-state index in [1.165, 1.54) is 0 Å². The normalized spacial score (nSPS) is 14.3. The predicted molar refractivity (Wildman–Crippen MR) is 48.7 cm³/mol. The molecule has 0 spiro atoms. The van der Waals surface area contributed by atoms with Crippen molar-refractivity contribution < 1.29 is 4.79 Å². The minimum Gasteiger partial charge on any atom is -0.298 e. The Labute approximate surface area is 73.4 Å². The highest BCUT2D eigenvalue weighted by molar-refractivity contribution is 6.31. The number of carbonyl (C=O) groups is 1. The SMILES string of the molecule is CC/C(C=O)=C(\Cl)C(C)(C)C. The van der Waals surface area contributed by atoms with Crippen LogP contribution in [0, 0.1) is 5.41 Å². The van der Waals surface area contributed by atoms with Crippen molar-refractivity contribution in [1.29, 1.82) is 0 Å². The molecule has 0 aromatic heterocycles. The number of hydrogen-bond donors (Lipinski definition) is 0. The molecule has 0 atom stereocenters. The van der Waals surface area contributed by atoms with E-state index in [-0.39, 0.29) is 5.41 Å². The van der Waals surface area contributed by atoms with Crippen LogP contribution in [0.15, 0.2) is 10.6 Å². The average Bonchev–Trinajstić information content (AvgIpc) is 1.88. The average molecular weight is 175 g/mol. The van der Waals surface area contributed by atoms with Gasteiger partial charge in [0.1, 0.15) is 6.29 Å². The van der Waals surface area contributed by atoms with Gasteiger partial charge in [0.15, 0.2) is 0 Å². The monoisotopic (exact) mass is 174 g/mol. The Bertz CT molecular complexity index is 174. The summed E-state index contributed by atoms with van der Waals surface area (Å²) in [5.74, 6) is 0. The largest absolute Gasteiger partial charge is 0.298 e. The van der Waals surface area contributed by atoms with Crippen LogP contribution in [0.1, 0.15) is 34.1 Å². The van der Waals surface area contributed by atoms with Gasteiger partial charge in [-0.15, -0.1) is 0 Å². The molecule has 0 aromatic rings. The van der Waals surface area contributed by atoms with E-state index in [0.29, 0.717) is 17.0 Å². The van der Waals surface area contributed by atoms with E-state index in [4.69, 9.17) is 11.6 Å². The van der Waals surface area contributed by atoms with E-state index in [9.17, 15) is 4.79 Å². The lowest BCUT2D eigenvalue weighted by Crippen LogP contribution is -2.08. The van der Waals surface area contributed by atoms with Gasteiger partial charge in [0.05, 0.1) is 0 Å². The van der Waals surface area contributed by atoms with Gasteiger partial charge in [-0.2, -0.15) is 0 Å². The first-order valence-corrected chi connectivity index (χ1v) is 4.15. The summed E-state index contributed by atoms with van der Waals surface area (Å²) >= 11 is 5.97. The van der Waals surface area contributed by atoms with Crippen LogP contribution >= 0.6 is 11.6 Å². The molecule has 0 unspecified atom stereocenters. The van der Waals surface area contributed by atoms with Crippen molar-refractivity contribution in [3.05, 3.63) is 10.6 Å². The second-order valence-electron chi connectivity index (χ2n) is 3.56. The van der Waals surface area contributed by atoms with Crippen LogP contribution < -0.4 is 0 Å². The summed E-state index contributed by atoms with van der Waals surface area (Å²) in [6, 6.07) is 0. The molecule has 11 heavy (non-hydrogen) atoms. The molecule has 2 heteroatoms. The predicted octanol–water partition coefficient (Wildman–Crippen LogP) is 3.13. The summed E-state index contributed by atoms with van der Waals surface area (Å²) in [6.07, 6.45) is 1.55. The first-order chi connectivity index (χ1) is 4.93. The Kier molecular flexibility index (Phi) is 3.81. The van der Waals surface area contributed by atoms with Crippen molar-refractivity contribution in [2.45, 2.75) is 34.1 Å². The van der Waals surface area contributed by atoms with Gasteiger partial charge < -0.3 is 0 Å². The van der Waals surface area contributed by atoms with E-state index in [0.717, 1.165) is 6.29 Å². The molecule has 0 saturated heterocycles. The maximum atomic E-state index is 10.5. The van der Waals surface area contributed by atoms with Gasteiger partial charge in [-0.3, -0.25) is 4.79 Å². The maximum Gasteiger partial charge on any atom is 0.147 e.